The van der Waals surface area contributed by atoms with Crippen LogP contribution in [0.5, 0.6) is 0 Å². The largest absolute Gasteiger partial charge is 0.367 e. The van der Waals surface area contributed by atoms with Gasteiger partial charge < -0.3 is 10.6 Å². The molecule has 0 amide bonds. The van der Waals surface area contributed by atoms with Crippen LogP contribution in [-0.4, -0.2) is 44.7 Å². The lowest BCUT2D eigenvalue weighted by Crippen LogP contribution is -2.22. The predicted molar refractivity (Wildman–Crippen MR) is 52.5 cm³/mol. The predicted octanol–water partition coefficient (Wildman–Crippen LogP) is -0.403. The molecule has 2 heterocycles. The van der Waals surface area contributed by atoms with Gasteiger partial charge in [0.25, 0.3) is 0 Å². The van der Waals surface area contributed by atoms with Crippen LogP contribution in [0.2, 0.25) is 0 Å². The first-order valence-corrected chi connectivity index (χ1v) is 5.03. The average Bonchev–Trinajstić information content (AvgIpc) is 2.77. The molecule has 1 saturated heterocycles. The van der Waals surface area contributed by atoms with Crippen LogP contribution in [0.15, 0.2) is 0 Å². The van der Waals surface area contributed by atoms with E-state index in [-0.39, 0.29) is 0 Å². The van der Waals surface area contributed by atoms with Crippen LogP contribution in [0.3, 0.4) is 0 Å². The number of hydrogen-bond donors (Lipinski definition) is 1. The van der Waals surface area contributed by atoms with Gasteiger partial charge in [-0.25, -0.2) is 4.68 Å². The Morgan fingerprint density at radius 3 is 3.00 bits per heavy atom. The summed E-state index contributed by atoms with van der Waals surface area (Å²) in [6.45, 7) is 6.48. The molecule has 14 heavy (non-hydrogen) atoms. The van der Waals surface area contributed by atoms with Crippen molar-refractivity contribution in [1.29, 1.82) is 0 Å². The zero-order valence-electron chi connectivity index (χ0n) is 8.43. The number of likely N-dealkylation sites (tertiary alicyclic amines) is 1. The van der Waals surface area contributed by atoms with Gasteiger partial charge >= 0.3 is 0 Å². The van der Waals surface area contributed by atoms with Gasteiger partial charge in [0.05, 0.1) is 6.54 Å². The molecule has 6 nitrogen and oxygen atoms in total. The van der Waals surface area contributed by atoms with E-state index in [1.165, 1.54) is 13.0 Å². The van der Waals surface area contributed by atoms with Crippen molar-refractivity contribution in [2.24, 2.45) is 5.92 Å². The monoisotopic (exact) mass is 196 g/mol. The van der Waals surface area contributed by atoms with E-state index in [2.05, 4.69) is 27.3 Å². The molecule has 1 aliphatic rings. The maximum Gasteiger partial charge on any atom is 0.240 e. The highest BCUT2D eigenvalue weighted by molar-refractivity contribution is 5.09. The van der Waals surface area contributed by atoms with Crippen LogP contribution in [0, 0.1) is 5.92 Å². The standard InChI is InChI=1S/C8H16N6/c1-2-13-4-3-7(5-13)6-14-8(9)10-11-12-14/h7H,2-6H2,1H3,(H2,9,10,12). The molecule has 0 aromatic carbocycles. The molecular formula is C8H16N6. The third-order valence-electron chi connectivity index (χ3n) is 2.81. The Morgan fingerprint density at radius 2 is 2.43 bits per heavy atom. The van der Waals surface area contributed by atoms with Crippen LogP contribution >= 0.6 is 0 Å². The first-order valence-electron chi connectivity index (χ1n) is 5.03. The number of anilines is 1. The van der Waals surface area contributed by atoms with E-state index in [1.807, 2.05) is 0 Å². The minimum Gasteiger partial charge on any atom is -0.367 e. The summed E-state index contributed by atoms with van der Waals surface area (Å²) < 4.78 is 1.68. The molecule has 78 valence electrons. The number of aromatic nitrogens is 4. The Balaban J connectivity index is 1.90. The Hall–Kier alpha value is -1.17. The first-order chi connectivity index (χ1) is 6.79. The molecule has 0 bridgehead atoms. The zero-order valence-corrected chi connectivity index (χ0v) is 8.43. The van der Waals surface area contributed by atoms with Crippen LogP contribution in [-0.2, 0) is 6.54 Å². The van der Waals surface area contributed by atoms with Crippen molar-refractivity contribution in [3.63, 3.8) is 0 Å². The molecule has 1 unspecified atom stereocenters. The molecule has 0 saturated carbocycles. The Kier molecular flexibility index (Phi) is 2.62. The second kappa shape index (κ2) is 3.91. The van der Waals surface area contributed by atoms with E-state index < -0.39 is 0 Å². The Labute approximate surface area is 83.1 Å². The highest BCUT2D eigenvalue weighted by atomic mass is 15.6. The molecule has 1 fully saturated rings. The van der Waals surface area contributed by atoms with E-state index in [4.69, 9.17) is 5.73 Å². The minimum absolute atomic E-state index is 0.417. The van der Waals surface area contributed by atoms with Crippen LogP contribution < -0.4 is 5.73 Å². The molecule has 1 aromatic rings. The Bertz CT molecular complexity index is 296. The van der Waals surface area contributed by atoms with Crippen molar-refractivity contribution in [3.05, 3.63) is 0 Å². The fourth-order valence-corrected chi connectivity index (χ4v) is 1.94. The fourth-order valence-electron chi connectivity index (χ4n) is 1.94. The van der Waals surface area contributed by atoms with Gasteiger partial charge in [0.2, 0.25) is 5.95 Å². The lowest BCUT2D eigenvalue weighted by atomic mass is 10.1. The van der Waals surface area contributed by atoms with Crippen molar-refractivity contribution in [1.82, 2.24) is 25.1 Å². The lowest BCUT2D eigenvalue weighted by molar-refractivity contribution is 0.328. The van der Waals surface area contributed by atoms with Crippen molar-refractivity contribution in [2.45, 2.75) is 19.9 Å². The number of rotatable bonds is 3. The van der Waals surface area contributed by atoms with Crippen molar-refractivity contribution >= 4 is 5.95 Å². The van der Waals surface area contributed by atoms with Gasteiger partial charge in [-0.15, -0.1) is 0 Å². The molecule has 0 radical (unpaired) electrons. The molecule has 0 aliphatic carbocycles. The summed E-state index contributed by atoms with van der Waals surface area (Å²) in [5, 5.41) is 11.0. The minimum atomic E-state index is 0.417. The van der Waals surface area contributed by atoms with Crippen LogP contribution in [0.25, 0.3) is 0 Å². The molecule has 1 aliphatic heterocycles. The first kappa shape index (κ1) is 9.39. The summed E-state index contributed by atoms with van der Waals surface area (Å²) >= 11 is 0. The number of tetrazole rings is 1. The van der Waals surface area contributed by atoms with E-state index in [9.17, 15) is 0 Å². The van der Waals surface area contributed by atoms with Crippen LogP contribution in [0.1, 0.15) is 13.3 Å². The third-order valence-corrected chi connectivity index (χ3v) is 2.81. The molecule has 2 N–H and O–H groups in total. The quantitative estimate of drug-likeness (QED) is 0.712. The summed E-state index contributed by atoms with van der Waals surface area (Å²) in [5.41, 5.74) is 5.60. The van der Waals surface area contributed by atoms with E-state index >= 15 is 0 Å². The number of hydrogen-bond acceptors (Lipinski definition) is 5. The summed E-state index contributed by atoms with van der Waals surface area (Å²) in [6, 6.07) is 0. The summed E-state index contributed by atoms with van der Waals surface area (Å²) in [6.07, 6.45) is 1.22. The van der Waals surface area contributed by atoms with Gasteiger partial charge in [-0.1, -0.05) is 12.0 Å². The fraction of sp³-hybridized carbons (Fsp3) is 0.875. The number of nitrogens with two attached hydrogens (primary N) is 1. The topological polar surface area (TPSA) is 72.9 Å². The molecule has 0 spiro atoms. The zero-order chi connectivity index (χ0) is 9.97. The van der Waals surface area contributed by atoms with Gasteiger partial charge in [0, 0.05) is 6.54 Å². The normalized spacial score (nSPS) is 23.1. The average molecular weight is 196 g/mol. The summed E-state index contributed by atoms with van der Waals surface area (Å²) in [7, 11) is 0. The summed E-state index contributed by atoms with van der Waals surface area (Å²) in [5.74, 6) is 1.06. The van der Waals surface area contributed by atoms with Crippen molar-refractivity contribution in [3.8, 4) is 0 Å². The SMILES string of the molecule is CCN1CCC(Cn2nnnc2N)C1. The van der Waals surface area contributed by atoms with Crippen LogP contribution in [0.4, 0.5) is 5.95 Å². The van der Waals surface area contributed by atoms with E-state index in [0.717, 1.165) is 19.6 Å². The second-order valence-electron chi connectivity index (χ2n) is 3.77. The molecule has 1 atom stereocenters. The van der Waals surface area contributed by atoms with Gasteiger partial charge in [-0.05, 0) is 35.9 Å². The number of nitrogen functional groups attached to an aromatic ring is 1. The molecule has 1 aromatic heterocycles. The van der Waals surface area contributed by atoms with Gasteiger partial charge in [0.15, 0.2) is 0 Å². The van der Waals surface area contributed by atoms with Crippen molar-refractivity contribution in [2.75, 3.05) is 25.4 Å². The van der Waals surface area contributed by atoms with Gasteiger partial charge in [-0.3, -0.25) is 0 Å². The maximum atomic E-state index is 5.60. The lowest BCUT2D eigenvalue weighted by Gasteiger charge is -2.12. The third kappa shape index (κ3) is 1.84. The molecule has 6 heteroatoms. The van der Waals surface area contributed by atoms with Gasteiger partial charge in [0.1, 0.15) is 0 Å². The second-order valence-corrected chi connectivity index (χ2v) is 3.77. The molecule has 2 rings (SSSR count). The van der Waals surface area contributed by atoms with Crippen molar-refractivity contribution < 1.29 is 0 Å². The Morgan fingerprint density at radius 1 is 1.57 bits per heavy atom. The molecular weight excluding hydrogens is 180 g/mol. The van der Waals surface area contributed by atoms with E-state index in [1.54, 1.807) is 4.68 Å². The highest BCUT2D eigenvalue weighted by Gasteiger charge is 2.22. The number of nitrogens with zero attached hydrogens (tertiary/aromatic N) is 5. The summed E-state index contributed by atoms with van der Waals surface area (Å²) in [4.78, 5) is 2.44. The highest BCUT2D eigenvalue weighted by Crippen LogP contribution is 2.17. The maximum absolute atomic E-state index is 5.60. The van der Waals surface area contributed by atoms with E-state index in [0.29, 0.717) is 11.9 Å². The smallest absolute Gasteiger partial charge is 0.240 e. The van der Waals surface area contributed by atoms with Gasteiger partial charge in [-0.2, -0.15) is 0 Å².